The molecule has 108 valence electrons. The summed E-state index contributed by atoms with van der Waals surface area (Å²) in [5, 5.41) is 32.4. The molecule has 0 unspecified atom stereocenters. The molecule has 9 heteroatoms. The molecule has 0 radical (unpaired) electrons. The van der Waals surface area contributed by atoms with Crippen molar-refractivity contribution in [3.8, 4) is 0 Å². The van der Waals surface area contributed by atoms with Gasteiger partial charge in [-0.25, -0.2) is 9.59 Å². The number of non-ortho nitro benzene ring substituents is 1. The van der Waals surface area contributed by atoms with E-state index in [0.717, 1.165) is 6.07 Å². The van der Waals surface area contributed by atoms with Gasteiger partial charge < -0.3 is 20.8 Å². The van der Waals surface area contributed by atoms with E-state index in [2.05, 4.69) is 10.6 Å². The maximum absolute atomic E-state index is 11.5. The third kappa shape index (κ3) is 4.53. The summed E-state index contributed by atoms with van der Waals surface area (Å²) in [6.07, 6.45) is -0.141. The number of carboxylic acids is 1. The number of amides is 2. The predicted octanol–water partition coefficient (Wildman–Crippen LogP) is 0.552. The molecule has 1 aromatic carbocycles. The van der Waals surface area contributed by atoms with Crippen molar-refractivity contribution in [3.05, 3.63) is 34.4 Å². The summed E-state index contributed by atoms with van der Waals surface area (Å²) in [5.74, 6) is -1.28. The van der Waals surface area contributed by atoms with Crippen LogP contribution >= 0.6 is 0 Å². The molecule has 0 bridgehead atoms. The van der Waals surface area contributed by atoms with E-state index >= 15 is 0 Å². The second kappa shape index (κ2) is 7.04. The number of benzene rings is 1. The van der Waals surface area contributed by atoms with Crippen LogP contribution in [0, 0.1) is 10.1 Å². The van der Waals surface area contributed by atoms with Gasteiger partial charge in [0.2, 0.25) is 0 Å². The first-order valence-electron chi connectivity index (χ1n) is 5.59. The highest BCUT2D eigenvalue weighted by Crippen LogP contribution is 2.16. The van der Waals surface area contributed by atoms with Gasteiger partial charge in [-0.2, -0.15) is 0 Å². The normalized spacial score (nSPS) is 11.4. The lowest BCUT2D eigenvalue weighted by molar-refractivity contribution is -0.384. The van der Waals surface area contributed by atoms with Gasteiger partial charge in [-0.3, -0.25) is 10.1 Å². The number of nitrogens with one attached hydrogen (secondary N) is 2. The lowest BCUT2D eigenvalue weighted by Crippen LogP contribution is -2.43. The lowest BCUT2D eigenvalue weighted by atomic mass is 10.2. The molecule has 0 aliphatic heterocycles. The number of nitro benzene ring substituents is 1. The van der Waals surface area contributed by atoms with E-state index < -0.39 is 29.6 Å². The van der Waals surface area contributed by atoms with E-state index in [9.17, 15) is 19.7 Å². The summed E-state index contributed by atoms with van der Waals surface area (Å²) in [6, 6.07) is 3.14. The van der Waals surface area contributed by atoms with E-state index in [4.69, 9.17) is 10.2 Å². The third-order valence-corrected chi connectivity index (χ3v) is 2.34. The van der Waals surface area contributed by atoms with Crippen molar-refractivity contribution < 1.29 is 24.7 Å². The number of aliphatic hydroxyl groups is 1. The van der Waals surface area contributed by atoms with Crippen molar-refractivity contribution in [2.24, 2.45) is 0 Å². The highest BCUT2D eigenvalue weighted by atomic mass is 16.6. The van der Waals surface area contributed by atoms with Crippen LogP contribution in [-0.4, -0.2) is 39.8 Å². The summed E-state index contributed by atoms with van der Waals surface area (Å²) in [6.45, 7) is -0.395. The largest absolute Gasteiger partial charge is 0.480 e. The second-order valence-corrected chi connectivity index (χ2v) is 3.81. The molecule has 0 aliphatic carbocycles. The molecule has 4 N–H and O–H groups in total. The van der Waals surface area contributed by atoms with Crippen molar-refractivity contribution in [3.63, 3.8) is 0 Å². The first-order valence-corrected chi connectivity index (χ1v) is 5.59. The van der Waals surface area contributed by atoms with Gasteiger partial charge in [0.25, 0.3) is 5.69 Å². The van der Waals surface area contributed by atoms with Gasteiger partial charge in [-0.15, -0.1) is 0 Å². The highest BCUT2D eigenvalue weighted by Gasteiger charge is 2.19. The summed E-state index contributed by atoms with van der Waals surface area (Å²) in [7, 11) is 0. The number of urea groups is 1. The van der Waals surface area contributed by atoms with Crippen LogP contribution in [0.25, 0.3) is 0 Å². The maximum atomic E-state index is 11.5. The Morgan fingerprint density at radius 2 is 2.10 bits per heavy atom. The number of nitrogens with zero attached hydrogens (tertiary/aromatic N) is 1. The van der Waals surface area contributed by atoms with Crippen LogP contribution in [0.15, 0.2) is 24.3 Å². The van der Waals surface area contributed by atoms with Crippen LogP contribution in [0.1, 0.15) is 6.42 Å². The molecule has 0 saturated carbocycles. The number of carboxylic acid groups (broad SMARTS) is 1. The Hall–Kier alpha value is -2.68. The number of anilines is 1. The number of carbonyl (C=O) groups excluding carboxylic acids is 1. The van der Waals surface area contributed by atoms with Crippen molar-refractivity contribution in [2.45, 2.75) is 12.5 Å². The van der Waals surface area contributed by atoms with Gasteiger partial charge in [0.15, 0.2) is 0 Å². The number of rotatable bonds is 6. The molecule has 0 aromatic heterocycles. The minimum atomic E-state index is -1.28. The van der Waals surface area contributed by atoms with E-state index in [-0.39, 0.29) is 17.8 Å². The second-order valence-electron chi connectivity index (χ2n) is 3.81. The quantitative estimate of drug-likeness (QED) is 0.443. The average molecular weight is 283 g/mol. The number of nitro groups is 1. The summed E-state index contributed by atoms with van der Waals surface area (Å²) in [5.41, 5.74) is -0.0437. The lowest BCUT2D eigenvalue weighted by Gasteiger charge is -2.13. The first kappa shape index (κ1) is 15.4. The Kier molecular flexibility index (Phi) is 5.42. The molecule has 1 atom stereocenters. The van der Waals surface area contributed by atoms with Gasteiger partial charge >= 0.3 is 12.0 Å². The fraction of sp³-hybridized carbons (Fsp3) is 0.273. The Bertz CT molecular complexity index is 519. The fourth-order valence-corrected chi connectivity index (χ4v) is 1.41. The van der Waals surface area contributed by atoms with Crippen LogP contribution in [0.4, 0.5) is 16.2 Å². The topological polar surface area (TPSA) is 142 Å². The summed E-state index contributed by atoms with van der Waals surface area (Å²) < 4.78 is 0. The van der Waals surface area contributed by atoms with Gasteiger partial charge in [0.05, 0.1) is 4.92 Å². The van der Waals surface area contributed by atoms with E-state index in [0.29, 0.717) is 0 Å². The molecule has 1 aromatic rings. The van der Waals surface area contributed by atoms with Crippen molar-refractivity contribution in [1.82, 2.24) is 5.32 Å². The zero-order valence-electron chi connectivity index (χ0n) is 10.3. The molecule has 0 fully saturated rings. The smallest absolute Gasteiger partial charge is 0.326 e. The standard InChI is InChI=1S/C11H13N3O6/c15-5-4-9(10(16)17)13-11(18)12-7-2-1-3-8(6-7)14(19)20/h1-3,6,9,15H,4-5H2,(H,16,17)(H2,12,13,18)/t9-/m1/s1. The summed E-state index contributed by atoms with van der Waals surface area (Å²) >= 11 is 0. The highest BCUT2D eigenvalue weighted by molar-refractivity contribution is 5.92. The average Bonchev–Trinajstić information content (AvgIpc) is 2.38. The van der Waals surface area contributed by atoms with Crippen LogP contribution in [0.2, 0.25) is 0 Å². The minimum absolute atomic E-state index is 0.141. The van der Waals surface area contributed by atoms with Crippen LogP contribution < -0.4 is 10.6 Å². The number of aliphatic hydroxyl groups excluding tert-OH is 1. The Morgan fingerprint density at radius 1 is 1.40 bits per heavy atom. The SMILES string of the molecule is O=C(Nc1cccc([N+](=O)[O-])c1)N[C@H](CCO)C(=O)O. The predicted molar refractivity (Wildman–Crippen MR) is 68.4 cm³/mol. The van der Waals surface area contributed by atoms with Gasteiger partial charge in [-0.1, -0.05) is 6.07 Å². The molecule has 0 saturated heterocycles. The van der Waals surface area contributed by atoms with Crippen LogP contribution in [0.5, 0.6) is 0 Å². The number of carbonyl (C=O) groups is 2. The maximum Gasteiger partial charge on any atom is 0.326 e. The molecular weight excluding hydrogens is 270 g/mol. The first-order chi connectivity index (χ1) is 9.43. The number of hydrogen-bond acceptors (Lipinski definition) is 5. The molecule has 20 heavy (non-hydrogen) atoms. The van der Waals surface area contributed by atoms with Crippen LogP contribution in [0.3, 0.4) is 0 Å². The van der Waals surface area contributed by atoms with Crippen molar-refractivity contribution in [2.75, 3.05) is 11.9 Å². The van der Waals surface area contributed by atoms with Gasteiger partial charge in [0.1, 0.15) is 6.04 Å². The van der Waals surface area contributed by atoms with E-state index in [1.807, 2.05) is 0 Å². The zero-order chi connectivity index (χ0) is 15.1. The van der Waals surface area contributed by atoms with Gasteiger partial charge in [-0.05, 0) is 6.07 Å². The monoisotopic (exact) mass is 283 g/mol. The molecule has 0 spiro atoms. The third-order valence-electron chi connectivity index (χ3n) is 2.34. The number of hydrogen-bond donors (Lipinski definition) is 4. The Balaban J connectivity index is 2.68. The van der Waals surface area contributed by atoms with E-state index in [1.165, 1.54) is 18.2 Å². The number of aliphatic carboxylic acids is 1. The van der Waals surface area contributed by atoms with E-state index in [1.54, 1.807) is 0 Å². The van der Waals surface area contributed by atoms with Crippen LogP contribution in [-0.2, 0) is 4.79 Å². The molecule has 2 amide bonds. The van der Waals surface area contributed by atoms with Crippen molar-refractivity contribution >= 4 is 23.4 Å². The Morgan fingerprint density at radius 3 is 2.65 bits per heavy atom. The zero-order valence-corrected chi connectivity index (χ0v) is 10.3. The molecular formula is C11H13N3O6. The molecule has 1 rings (SSSR count). The fourth-order valence-electron chi connectivity index (χ4n) is 1.41. The summed E-state index contributed by atoms with van der Waals surface area (Å²) in [4.78, 5) is 32.3. The molecule has 0 heterocycles. The van der Waals surface area contributed by atoms with Gasteiger partial charge in [0, 0.05) is 30.8 Å². The van der Waals surface area contributed by atoms with Crippen molar-refractivity contribution in [1.29, 1.82) is 0 Å². The minimum Gasteiger partial charge on any atom is -0.480 e. The Labute approximate surface area is 113 Å². The molecule has 0 aliphatic rings. The molecule has 9 nitrogen and oxygen atoms in total.